The van der Waals surface area contributed by atoms with Crippen LogP contribution in [0.5, 0.6) is 0 Å². The lowest BCUT2D eigenvalue weighted by atomic mass is 9.69. The quantitative estimate of drug-likeness (QED) is 0.500. The number of ether oxygens (including phenoxy) is 1. The molecule has 1 aromatic heterocycles. The van der Waals surface area contributed by atoms with E-state index >= 15 is 0 Å². The third kappa shape index (κ3) is 3.60. The van der Waals surface area contributed by atoms with Crippen molar-refractivity contribution in [3.8, 4) is 0 Å². The Balaban J connectivity index is 1.52. The summed E-state index contributed by atoms with van der Waals surface area (Å²) in [6.07, 6.45) is 8.22. The molecule has 2 saturated carbocycles. The number of rotatable bonds is 3. The lowest BCUT2D eigenvalue weighted by Gasteiger charge is -2.40. The number of anilines is 1. The average molecular weight is 369 g/mol. The minimum absolute atomic E-state index is 0.00384. The van der Waals surface area contributed by atoms with Crippen LogP contribution in [0.25, 0.3) is 11.0 Å². The van der Waals surface area contributed by atoms with E-state index in [0.29, 0.717) is 28.7 Å². The molecule has 5 nitrogen and oxygen atoms in total. The molecule has 27 heavy (non-hydrogen) atoms. The minimum atomic E-state index is -0.485. The maximum absolute atomic E-state index is 12.6. The topological polar surface area (TPSA) is 82.5 Å². The van der Waals surface area contributed by atoms with Crippen LogP contribution in [0.1, 0.15) is 56.1 Å². The Morgan fingerprint density at radius 2 is 1.96 bits per heavy atom. The SMILES string of the molecule is Cc1c(CC(=O)OC2CCC[C@@H]3CCCC[C@H]23)c(=O)oc2cc(N)ccc12. The van der Waals surface area contributed by atoms with Gasteiger partial charge in [-0.3, -0.25) is 4.79 Å². The fourth-order valence-electron chi connectivity index (χ4n) is 5.00. The highest BCUT2D eigenvalue weighted by molar-refractivity contribution is 5.85. The Morgan fingerprint density at radius 1 is 1.19 bits per heavy atom. The van der Waals surface area contributed by atoms with E-state index in [1.807, 2.05) is 13.0 Å². The zero-order valence-electron chi connectivity index (χ0n) is 15.8. The molecule has 0 amide bonds. The largest absolute Gasteiger partial charge is 0.462 e. The predicted octanol–water partition coefficient (Wildman–Crippen LogP) is 4.13. The van der Waals surface area contributed by atoms with E-state index in [-0.39, 0.29) is 18.5 Å². The number of nitrogen functional groups attached to an aromatic ring is 1. The molecule has 0 bridgehead atoms. The molecule has 2 N–H and O–H groups in total. The van der Waals surface area contributed by atoms with E-state index in [0.717, 1.165) is 30.2 Å². The summed E-state index contributed by atoms with van der Waals surface area (Å²) >= 11 is 0. The molecule has 2 aliphatic carbocycles. The van der Waals surface area contributed by atoms with E-state index in [1.165, 1.54) is 25.7 Å². The molecule has 2 fully saturated rings. The third-order valence-electron chi connectivity index (χ3n) is 6.42. The minimum Gasteiger partial charge on any atom is -0.462 e. The third-order valence-corrected chi connectivity index (χ3v) is 6.42. The Labute approximate surface area is 158 Å². The number of hydrogen-bond acceptors (Lipinski definition) is 5. The molecular formula is C22H27NO4. The molecule has 0 radical (unpaired) electrons. The molecule has 2 aliphatic rings. The van der Waals surface area contributed by atoms with Gasteiger partial charge in [-0.05, 0) is 62.1 Å². The molecule has 0 aliphatic heterocycles. The number of hydrogen-bond donors (Lipinski definition) is 1. The summed E-state index contributed by atoms with van der Waals surface area (Å²) in [5.74, 6) is 0.869. The summed E-state index contributed by atoms with van der Waals surface area (Å²) in [5, 5.41) is 0.802. The van der Waals surface area contributed by atoms with Gasteiger partial charge < -0.3 is 14.9 Å². The normalized spacial score (nSPS) is 25.1. The molecule has 3 atom stereocenters. The van der Waals surface area contributed by atoms with Crippen molar-refractivity contribution in [3.63, 3.8) is 0 Å². The Hall–Kier alpha value is -2.30. The van der Waals surface area contributed by atoms with Crippen molar-refractivity contribution in [1.29, 1.82) is 0 Å². The van der Waals surface area contributed by atoms with Gasteiger partial charge in [-0.1, -0.05) is 19.3 Å². The molecular weight excluding hydrogens is 342 g/mol. The molecule has 1 unspecified atom stereocenters. The van der Waals surface area contributed by atoms with Gasteiger partial charge in [0.25, 0.3) is 0 Å². The lowest BCUT2D eigenvalue weighted by Crippen LogP contribution is -2.38. The van der Waals surface area contributed by atoms with E-state index < -0.39 is 5.63 Å². The zero-order valence-corrected chi connectivity index (χ0v) is 15.8. The second kappa shape index (κ2) is 7.37. The number of carbonyl (C=O) groups excluding carboxylic acids is 1. The summed E-state index contributed by atoms with van der Waals surface area (Å²) in [6, 6.07) is 5.23. The molecule has 4 rings (SSSR count). The van der Waals surface area contributed by atoms with Crippen LogP contribution in [0.3, 0.4) is 0 Å². The summed E-state index contributed by atoms with van der Waals surface area (Å²) in [6.45, 7) is 1.84. The van der Waals surface area contributed by atoms with Crippen molar-refractivity contribution in [3.05, 3.63) is 39.7 Å². The van der Waals surface area contributed by atoms with E-state index in [2.05, 4.69) is 0 Å². The molecule has 1 aromatic carbocycles. The van der Waals surface area contributed by atoms with Crippen molar-refractivity contribution in [2.24, 2.45) is 11.8 Å². The average Bonchev–Trinajstić information content (AvgIpc) is 2.65. The molecule has 144 valence electrons. The fraction of sp³-hybridized carbons (Fsp3) is 0.545. The van der Waals surface area contributed by atoms with Gasteiger partial charge in [0.05, 0.1) is 12.0 Å². The number of esters is 1. The van der Waals surface area contributed by atoms with Crippen LogP contribution in [-0.4, -0.2) is 12.1 Å². The first-order valence-electron chi connectivity index (χ1n) is 10.0. The van der Waals surface area contributed by atoms with Crippen molar-refractivity contribution in [2.45, 2.75) is 64.4 Å². The van der Waals surface area contributed by atoms with E-state index in [1.54, 1.807) is 12.1 Å². The number of nitrogens with two attached hydrogens (primary N) is 1. The lowest BCUT2D eigenvalue weighted by molar-refractivity contribution is -0.155. The van der Waals surface area contributed by atoms with Gasteiger partial charge in [-0.15, -0.1) is 0 Å². The van der Waals surface area contributed by atoms with E-state index in [4.69, 9.17) is 14.9 Å². The highest BCUT2D eigenvalue weighted by atomic mass is 16.5. The van der Waals surface area contributed by atoms with Crippen LogP contribution in [0.4, 0.5) is 5.69 Å². The van der Waals surface area contributed by atoms with Crippen LogP contribution in [0.2, 0.25) is 0 Å². The van der Waals surface area contributed by atoms with Gasteiger partial charge >= 0.3 is 11.6 Å². The number of benzene rings is 1. The Bertz CT molecular complexity index is 914. The number of aryl methyl sites for hydroxylation is 1. The Kier molecular flexibility index (Phi) is 4.94. The number of carbonyl (C=O) groups is 1. The summed E-state index contributed by atoms with van der Waals surface area (Å²) in [4.78, 5) is 25.0. The van der Waals surface area contributed by atoms with Crippen LogP contribution in [-0.2, 0) is 16.0 Å². The van der Waals surface area contributed by atoms with E-state index in [9.17, 15) is 9.59 Å². The van der Waals surface area contributed by atoms with Gasteiger partial charge in [0.2, 0.25) is 0 Å². The maximum Gasteiger partial charge on any atom is 0.340 e. The monoisotopic (exact) mass is 369 g/mol. The van der Waals surface area contributed by atoms with Crippen molar-refractivity contribution < 1.29 is 13.9 Å². The zero-order chi connectivity index (χ0) is 19.0. The first kappa shape index (κ1) is 18.1. The molecule has 2 aromatic rings. The highest BCUT2D eigenvalue weighted by Gasteiger charge is 2.37. The molecule has 1 heterocycles. The second-order valence-electron chi connectivity index (χ2n) is 8.09. The summed E-state index contributed by atoms with van der Waals surface area (Å²) < 4.78 is 11.3. The van der Waals surface area contributed by atoms with Crippen LogP contribution in [0.15, 0.2) is 27.4 Å². The molecule has 0 saturated heterocycles. The fourth-order valence-corrected chi connectivity index (χ4v) is 5.00. The summed E-state index contributed by atoms with van der Waals surface area (Å²) in [5.41, 5.74) is 7.41. The molecule has 5 heteroatoms. The second-order valence-corrected chi connectivity index (χ2v) is 8.09. The Morgan fingerprint density at radius 3 is 2.81 bits per heavy atom. The van der Waals surface area contributed by atoms with Crippen molar-refractivity contribution in [1.82, 2.24) is 0 Å². The van der Waals surface area contributed by atoms with Gasteiger partial charge in [0, 0.05) is 17.1 Å². The highest BCUT2D eigenvalue weighted by Crippen LogP contribution is 2.41. The summed E-state index contributed by atoms with van der Waals surface area (Å²) in [7, 11) is 0. The standard InChI is InChI=1S/C22H27NO4/c1-13-16-10-9-15(23)11-20(16)27-22(25)18(13)12-21(24)26-19-8-4-6-14-5-2-3-7-17(14)19/h9-11,14,17,19H,2-8,12,23H2,1H3/t14-,17-,19?/m0/s1. The van der Waals surface area contributed by atoms with Crippen molar-refractivity contribution >= 4 is 22.6 Å². The predicted molar refractivity (Wildman–Crippen MR) is 105 cm³/mol. The van der Waals surface area contributed by atoms with Crippen LogP contribution in [0, 0.1) is 18.8 Å². The number of fused-ring (bicyclic) bond motifs is 2. The first-order valence-corrected chi connectivity index (χ1v) is 10.0. The van der Waals surface area contributed by atoms with Crippen LogP contribution < -0.4 is 11.4 Å². The molecule has 0 spiro atoms. The van der Waals surface area contributed by atoms with Gasteiger partial charge in [-0.25, -0.2) is 4.79 Å². The van der Waals surface area contributed by atoms with Gasteiger partial charge in [-0.2, -0.15) is 0 Å². The van der Waals surface area contributed by atoms with Gasteiger partial charge in [0.15, 0.2) is 0 Å². The maximum atomic E-state index is 12.6. The van der Waals surface area contributed by atoms with Crippen LogP contribution >= 0.6 is 0 Å². The smallest absolute Gasteiger partial charge is 0.340 e. The van der Waals surface area contributed by atoms with Crippen molar-refractivity contribution in [2.75, 3.05) is 5.73 Å². The first-order chi connectivity index (χ1) is 13.0. The van der Waals surface area contributed by atoms with Gasteiger partial charge in [0.1, 0.15) is 11.7 Å².